The molecule has 3 aromatic rings. The first kappa shape index (κ1) is 26.2. The molecule has 0 fully saturated rings. The van der Waals surface area contributed by atoms with Gasteiger partial charge >= 0.3 is 0 Å². The molecule has 4 rings (SSSR count). The molecular weight excluding hydrogens is 495 g/mol. The minimum absolute atomic E-state index is 0.0596. The number of nitrogens with one attached hydrogen (secondary N) is 3. The number of fused-ring (bicyclic) bond motifs is 1. The molecule has 1 aliphatic rings. The molecule has 2 atom stereocenters. The maximum atomic E-state index is 13.3. The second-order valence-electron chi connectivity index (χ2n) is 9.02. The second kappa shape index (κ2) is 11.4. The van der Waals surface area contributed by atoms with Crippen molar-refractivity contribution in [2.75, 3.05) is 11.9 Å². The van der Waals surface area contributed by atoms with E-state index in [1.54, 1.807) is 6.34 Å². The Morgan fingerprint density at radius 3 is 2.11 bits per heavy atom. The number of carbonyl (C=O) groups is 1. The van der Waals surface area contributed by atoms with E-state index >= 15 is 0 Å². The van der Waals surface area contributed by atoms with Crippen molar-refractivity contribution in [3.63, 3.8) is 0 Å². The average molecular weight is 525 g/mol. The molecule has 3 aromatic carbocycles. The number of benzene rings is 3. The van der Waals surface area contributed by atoms with E-state index in [-0.39, 0.29) is 17.7 Å². The highest BCUT2D eigenvalue weighted by molar-refractivity contribution is 6.30. The summed E-state index contributed by atoms with van der Waals surface area (Å²) >= 11 is 12.5. The van der Waals surface area contributed by atoms with Crippen LogP contribution in [0.4, 0.5) is 5.69 Å². The van der Waals surface area contributed by atoms with Crippen molar-refractivity contribution in [2.45, 2.75) is 38.4 Å². The van der Waals surface area contributed by atoms with Crippen LogP contribution < -0.4 is 16.1 Å². The molecule has 1 unspecified atom stereocenters. The molecule has 1 amide bonds. The van der Waals surface area contributed by atoms with Gasteiger partial charge in [0.2, 0.25) is 0 Å². The lowest BCUT2D eigenvalue weighted by atomic mass is 9.75. The smallest absolute Gasteiger partial charge is 0.260 e. The Morgan fingerprint density at radius 1 is 0.972 bits per heavy atom. The Morgan fingerprint density at radius 2 is 1.56 bits per heavy atom. The number of rotatable bonds is 9. The van der Waals surface area contributed by atoms with Crippen LogP contribution in [0.15, 0.2) is 77.8 Å². The third kappa shape index (κ3) is 5.42. The maximum Gasteiger partial charge on any atom is 0.260 e. The van der Waals surface area contributed by atoms with Crippen molar-refractivity contribution in [1.82, 2.24) is 10.8 Å². The van der Waals surface area contributed by atoms with Crippen LogP contribution in [0.3, 0.4) is 0 Å². The summed E-state index contributed by atoms with van der Waals surface area (Å²) in [6.07, 6.45) is 1.69. The van der Waals surface area contributed by atoms with Crippen LogP contribution in [0, 0.1) is 5.92 Å². The third-order valence-electron chi connectivity index (χ3n) is 6.29. The first-order valence-electron chi connectivity index (χ1n) is 12.0. The van der Waals surface area contributed by atoms with Gasteiger partial charge in [-0.25, -0.2) is 10.5 Å². The van der Waals surface area contributed by atoms with E-state index < -0.39 is 11.7 Å². The molecule has 0 spiro atoms. The maximum absolute atomic E-state index is 13.3. The van der Waals surface area contributed by atoms with Crippen molar-refractivity contribution in [1.29, 1.82) is 0 Å². The Kier molecular flexibility index (Phi) is 8.32. The van der Waals surface area contributed by atoms with E-state index in [1.165, 1.54) is 0 Å². The first-order chi connectivity index (χ1) is 17.4. The standard InChI is InChI=1S/C28H30Cl2N4O2/c1-4-36-34-27(35)26(18(2)3)33-28(23-7-5-6-8-24(23)31-17-32-28)25(19-9-13-21(29)14-10-19)20-11-15-22(30)16-12-20/h5-18,25-26,33H,4H2,1-3H3,(H,31,32)(H,34,35)/t26?,28-/m0/s1. The summed E-state index contributed by atoms with van der Waals surface area (Å²) in [5, 5.41) is 8.20. The molecule has 0 saturated carbocycles. The van der Waals surface area contributed by atoms with Crippen molar-refractivity contribution in [2.24, 2.45) is 10.9 Å². The van der Waals surface area contributed by atoms with Gasteiger partial charge in [0, 0.05) is 21.3 Å². The highest BCUT2D eigenvalue weighted by Gasteiger charge is 2.47. The normalized spacial score (nSPS) is 17.5. The summed E-state index contributed by atoms with van der Waals surface area (Å²) in [5.41, 5.74) is 5.32. The van der Waals surface area contributed by atoms with E-state index in [4.69, 9.17) is 33.0 Å². The van der Waals surface area contributed by atoms with Gasteiger partial charge in [-0.3, -0.25) is 14.9 Å². The van der Waals surface area contributed by atoms with Crippen molar-refractivity contribution < 1.29 is 9.63 Å². The van der Waals surface area contributed by atoms with Crippen LogP contribution in [0.2, 0.25) is 10.0 Å². The summed E-state index contributed by atoms with van der Waals surface area (Å²) < 4.78 is 0. The lowest BCUT2D eigenvalue weighted by Crippen LogP contribution is -2.58. The number of para-hydroxylation sites is 1. The zero-order valence-corrected chi connectivity index (χ0v) is 22.0. The lowest BCUT2D eigenvalue weighted by Gasteiger charge is -2.44. The Hall–Kier alpha value is -2.90. The van der Waals surface area contributed by atoms with Gasteiger partial charge in [-0.15, -0.1) is 0 Å². The van der Waals surface area contributed by atoms with E-state index in [1.807, 2.05) is 93.6 Å². The van der Waals surface area contributed by atoms with Gasteiger partial charge in [0.25, 0.3) is 5.91 Å². The molecule has 36 heavy (non-hydrogen) atoms. The fraction of sp³-hybridized carbons (Fsp3) is 0.286. The van der Waals surface area contributed by atoms with E-state index in [2.05, 4.69) is 16.1 Å². The summed E-state index contributed by atoms with van der Waals surface area (Å²) in [4.78, 5) is 23.6. The van der Waals surface area contributed by atoms with E-state index in [0.717, 1.165) is 22.4 Å². The lowest BCUT2D eigenvalue weighted by molar-refractivity contribution is -0.137. The molecule has 0 radical (unpaired) electrons. The topological polar surface area (TPSA) is 74.8 Å². The number of carbonyl (C=O) groups excluding carboxylic acids is 1. The zero-order chi connectivity index (χ0) is 25.7. The van der Waals surface area contributed by atoms with Gasteiger partial charge in [0.15, 0.2) is 5.66 Å². The molecule has 188 valence electrons. The molecule has 0 aliphatic carbocycles. The number of nitrogens with zero attached hydrogens (tertiary/aromatic N) is 1. The summed E-state index contributed by atoms with van der Waals surface area (Å²) in [6, 6.07) is 22.8. The van der Waals surface area contributed by atoms with Crippen molar-refractivity contribution in [3.8, 4) is 0 Å². The third-order valence-corrected chi connectivity index (χ3v) is 6.80. The Labute approximate surface area is 222 Å². The van der Waals surface area contributed by atoms with Crippen molar-refractivity contribution >= 4 is 41.1 Å². The molecule has 3 N–H and O–H groups in total. The van der Waals surface area contributed by atoms with Gasteiger partial charge in [0.1, 0.15) is 0 Å². The fourth-order valence-electron chi connectivity index (χ4n) is 4.61. The molecule has 0 aromatic heterocycles. The highest BCUT2D eigenvalue weighted by Crippen LogP contribution is 2.47. The molecule has 6 nitrogen and oxygen atoms in total. The van der Waals surface area contributed by atoms with E-state index in [9.17, 15) is 4.79 Å². The second-order valence-corrected chi connectivity index (χ2v) is 9.89. The van der Waals surface area contributed by atoms with Gasteiger partial charge in [-0.05, 0) is 54.3 Å². The molecule has 0 saturated heterocycles. The number of anilines is 1. The largest absolute Gasteiger partial charge is 0.346 e. The van der Waals surface area contributed by atoms with Gasteiger partial charge in [-0.1, -0.05) is 79.5 Å². The van der Waals surface area contributed by atoms with Crippen LogP contribution in [0.5, 0.6) is 0 Å². The van der Waals surface area contributed by atoms with Crippen LogP contribution >= 0.6 is 23.2 Å². The number of aliphatic imine (C=N–C) groups is 1. The minimum Gasteiger partial charge on any atom is -0.346 e. The van der Waals surface area contributed by atoms with Crippen LogP contribution in [0.25, 0.3) is 0 Å². The SMILES string of the molecule is CCONC(=O)C(N[C@@]1(C(c2ccc(Cl)cc2)c2ccc(Cl)cc2)N=CNc2ccccc21)C(C)C. The molecule has 8 heteroatoms. The molecule has 1 aliphatic heterocycles. The zero-order valence-electron chi connectivity index (χ0n) is 20.5. The minimum atomic E-state index is -1.04. The summed E-state index contributed by atoms with van der Waals surface area (Å²) in [7, 11) is 0. The van der Waals surface area contributed by atoms with Crippen LogP contribution in [0.1, 0.15) is 43.4 Å². The van der Waals surface area contributed by atoms with E-state index in [0.29, 0.717) is 16.7 Å². The number of halogens is 2. The van der Waals surface area contributed by atoms with Gasteiger partial charge < -0.3 is 5.32 Å². The van der Waals surface area contributed by atoms with Gasteiger partial charge in [0.05, 0.1) is 24.9 Å². The number of hydrogen-bond acceptors (Lipinski definition) is 5. The van der Waals surface area contributed by atoms with Gasteiger partial charge in [-0.2, -0.15) is 0 Å². The highest BCUT2D eigenvalue weighted by atomic mass is 35.5. The molecule has 0 bridgehead atoms. The predicted molar refractivity (Wildman–Crippen MR) is 147 cm³/mol. The summed E-state index contributed by atoms with van der Waals surface area (Å²) in [6.45, 7) is 6.18. The molecular formula is C28H30Cl2N4O2. The van der Waals surface area contributed by atoms with Crippen LogP contribution in [-0.4, -0.2) is 24.9 Å². The molecule has 1 heterocycles. The fourth-order valence-corrected chi connectivity index (χ4v) is 4.86. The predicted octanol–water partition coefficient (Wildman–Crippen LogP) is 6.11. The monoisotopic (exact) mass is 524 g/mol. The Bertz CT molecular complexity index is 1170. The van der Waals surface area contributed by atoms with Crippen LogP contribution in [-0.2, 0) is 15.3 Å². The number of amides is 1. The average Bonchev–Trinajstić information content (AvgIpc) is 2.88. The van der Waals surface area contributed by atoms with Crippen molar-refractivity contribution in [3.05, 3.63) is 99.5 Å². The quantitative estimate of drug-likeness (QED) is 0.295. The number of hydrogen-bond donors (Lipinski definition) is 3. The summed E-state index contributed by atoms with van der Waals surface area (Å²) in [5.74, 6) is -0.647. The Balaban J connectivity index is 1.95. The number of hydroxylamine groups is 1. The first-order valence-corrected chi connectivity index (χ1v) is 12.7.